The van der Waals surface area contributed by atoms with Gasteiger partial charge in [0.15, 0.2) is 0 Å². The number of thiophene rings is 1. The smallest absolute Gasteiger partial charge is 0.260 e. The molecule has 0 saturated carbocycles. The summed E-state index contributed by atoms with van der Waals surface area (Å²) in [4.78, 5) is 29.1. The van der Waals surface area contributed by atoms with Gasteiger partial charge in [-0.05, 0) is 41.8 Å². The molecule has 0 radical (unpaired) electrons. The van der Waals surface area contributed by atoms with Gasteiger partial charge in [-0.15, -0.1) is 23.7 Å². The lowest BCUT2D eigenvalue weighted by atomic mass is 10.0. The Morgan fingerprint density at radius 1 is 0.944 bits per heavy atom. The van der Waals surface area contributed by atoms with Crippen molar-refractivity contribution >= 4 is 40.6 Å². The number of anilines is 1. The number of hydrogen-bond acceptors (Lipinski definition) is 5. The van der Waals surface area contributed by atoms with Crippen LogP contribution in [0.4, 0.5) is 5.00 Å². The summed E-state index contributed by atoms with van der Waals surface area (Å²) in [6.45, 7) is 2.36. The zero-order chi connectivity index (χ0) is 24.2. The van der Waals surface area contributed by atoms with E-state index in [1.54, 1.807) is 18.2 Å². The number of nitrogens with zero attached hydrogens (tertiary/aromatic N) is 1. The largest absolute Gasteiger partial charge is 0.457 e. The molecule has 6 nitrogen and oxygen atoms in total. The summed E-state index contributed by atoms with van der Waals surface area (Å²) in [6, 6.07) is 26.6. The number of nitrogens with two attached hydrogens (primary N) is 1. The van der Waals surface area contributed by atoms with E-state index in [0.29, 0.717) is 40.6 Å². The third kappa shape index (κ3) is 5.60. The van der Waals surface area contributed by atoms with Gasteiger partial charge in [-0.25, -0.2) is 0 Å². The number of para-hydroxylation sites is 2. The molecule has 0 unspecified atom stereocenters. The van der Waals surface area contributed by atoms with Gasteiger partial charge in [0.2, 0.25) is 0 Å². The van der Waals surface area contributed by atoms with Crippen molar-refractivity contribution in [1.82, 2.24) is 4.90 Å². The van der Waals surface area contributed by atoms with Gasteiger partial charge in [0, 0.05) is 24.5 Å². The van der Waals surface area contributed by atoms with Crippen LogP contribution in [0.5, 0.6) is 11.5 Å². The number of carbonyl (C=O) groups is 2. The number of hydrogen-bond donors (Lipinski definition) is 2. The lowest BCUT2D eigenvalue weighted by Crippen LogP contribution is -2.30. The minimum atomic E-state index is -0.525. The van der Waals surface area contributed by atoms with Crippen molar-refractivity contribution in [2.45, 2.75) is 19.5 Å². The van der Waals surface area contributed by atoms with Crippen LogP contribution in [0.1, 0.15) is 36.7 Å². The topological polar surface area (TPSA) is 84.7 Å². The number of benzene rings is 3. The van der Waals surface area contributed by atoms with Crippen molar-refractivity contribution in [3.8, 4) is 11.5 Å². The molecule has 1 aliphatic rings. The summed E-state index contributed by atoms with van der Waals surface area (Å²) in [7, 11) is 0. The van der Waals surface area contributed by atoms with E-state index in [0.717, 1.165) is 23.5 Å². The Kier molecular flexibility index (Phi) is 8.05. The molecule has 0 spiro atoms. The fourth-order valence-electron chi connectivity index (χ4n) is 4.31. The molecule has 8 heteroatoms. The van der Waals surface area contributed by atoms with Gasteiger partial charge >= 0.3 is 0 Å². The first-order chi connectivity index (χ1) is 17.1. The molecule has 36 heavy (non-hydrogen) atoms. The first-order valence-corrected chi connectivity index (χ1v) is 12.2. The number of fused-ring (bicyclic) bond motifs is 1. The number of rotatable bonds is 7. The van der Waals surface area contributed by atoms with Crippen molar-refractivity contribution in [2.24, 2.45) is 5.73 Å². The molecule has 0 fully saturated rings. The minimum absolute atomic E-state index is 0. The molecule has 1 aromatic heterocycles. The van der Waals surface area contributed by atoms with E-state index in [1.807, 2.05) is 54.6 Å². The first-order valence-electron chi connectivity index (χ1n) is 11.4. The van der Waals surface area contributed by atoms with Crippen LogP contribution in [-0.2, 0) is 19.5 Å². The monoisotopic (exact) mass is 519 g/mol. The molecule has 3 aromatic carbocycles. The Bertz CT molecular complexity index is 1360. The van der Waals surface area contributed by atoms with Crippen LogP contribution < -0.4 is 15.8 Å². The molecule has 0 aliphatic carbocycles. The van der Waals surface area contributed by atoms with Crippen LogP contribution in [0, 0.1) is 0 Å². The summed E-state index contributed by atoms with van der Waals surface area (Å²) >= 11 is 1.42. The predicted octanol–water partition coefficient (Wildman–Crippen LogP) is 5.87. The zero-order valence-corrected chi connectivity index (χ0v) is 21.1. The number of carbonyl (C=O) groups excluding carboxylic acids is 2. The second kappa shape index (κ2) is 11.4. The normalized spacial score (nSPS) is 12.8. The van der Waals surface area contributed by atoms with Crippen LogP contribution in [0.15, 0.2) is 84.9 Å². The van der Waals surface area contributed by atoms with Crippen LogP contribution in [0.3, 0.4) is 0 Å². The Morgan fingerprint density at radius 2 is 1.61 bits per heavy atom. The van der Waals surface area contributed by atoms with Gasteiger partial charge in [0.1, 0.15) is 16.5 Å². The van der Waals surface area contributed by atoms with E-state index < -0.39 is 5.91 Å². The van der Waals surface area contributed by atoms with Gasteiger partial charge in [0.25, 0.3) is 11.8 Å². The SMILES string of the molecule is Cl.NC(=O)c1c(NC(=O)c2ccccc2Oc2ccccc2)sc2c1CCN(Cc1ccccc1)C2. The van der Waals surface area contributed by atoms with Crippen molar-refractivity contribution in [2.75, 3.05) is 11.9 Å². The lowest BCUT2D eigenvalue weighted by Gasteiger charge is -2.27. The molecule has 0 saturated heterocycles. The fraction of sp³-hybridized carbons (Fsp3) is 0.143. The van der Waals surface area contributed by atoms with Crippen LogP contribution in [0.25, 0.3) is 0 Å². The molecule has 4 aromatic rings. The van der Waals surface area contributed by atoms with Crippen LogP contribution >= 0.6 is 23.7 Å². The Labute approximate surface area is 220 Å². The number of amides is 2. The maximum absolute atomic E-state index is 13.3. The zero-order valence-electron chi connectivity index (χ0n) is 19.5. The van der Waals surface area contributed by atoms with Gasteiger partial charge in [-0.3, -0.25) is 14.5 Å². The summed E-state index contributed by atoms with van der Waals surface area (Å²) in [5.74, 6) is 0.199. The third-order valence-electron chi connectivity index (χ3n) is 5.96. The molecule has 0 atom stereocenters. The second-order valence-corrected chi connectivity index (χ2v) is 9.49. The third-order valence-corrected chi connectivity index (χ3v) is 7.09. The van der Waals surface area contributed by atoms with E-state index in [-0.39, 0.29) is 18.3 Å². The van der Waals surface area contributed by atoms with Gasteiger partial charge in [-0.2, -0.15) is 0 Å². The molecule has 3 N–H and O–H groups in total. The van der Waals surface area contributed by atoms with E-state index in [4.69, 9.17) is 10.5 Å². The highest BCUT2D eigenvalue weighted by atomic mass is 35.5. The van der Waals surface area contributed by atoms with Crippen molar-refractivity contribution in [3.05, 3.63) is 112 Å². The number of primary amides is 1. The number of ether oxygens (including phenoxy) is 1. The van der Waals surface area contributed by atoms with E-state index in [1.165, 1.54) is 16.9 Å². The van der Waals surface area contributed by atoms with E-state index >= 15 is 0 Å². The van der Waals surface area contributed by atoms with E-state index in [2.05, 4.69) is 22.3 Å². The van der Waals surface area contributed by atoms with Gasteiger partial charge in [-0.1, -0.05) is 60.7 Å². The van der Waals surface area contributed by atoms with E-state index in [9.17, 15) is 9.59 Å². The Hall–Kier alpha value is -3.65. The molecular weight excluding hydrogens is 494 g/mol. The standard InChI is InChI=1S/C28H25N3O3S.ClH/c29-26(32)25-22-15-16-31(17-19-9-3-1-4-10-19)18-24(22)35-28(25)30-27(33)21-13-7-8-14-23(21)34-20-11-5-2-6-12-20;/h1-14H,15-18H2,(H2,29,32)(H,30,33);1H. The quantitative estimate of drug-likeness (QED) is 0.320. The summed E-state index contributed by atoms with van der Waals surface area (Å²) in [5.41, 5.74) is 8.74. The summed E-state index contributed by atoms with van der Waals surface area (Å²) in [6.07, 6.45) is 0.709. The molecule has 2 amide bonds. The number of halogens is 1. The highest BCUT2D eigenvalue weighted by molar-refractivity contribution is 7.17. The highest BCUT2D eigenvalue weighted by Crippen LogP contribution is 2.38. The first kappa shape index (κ1) is 25.4. The Balaban J connectivity index is 0.00000304. The maximum atomic E-state index is 13.3. The minimum Gasteiger partial charge on any atom is -0.457 e. The molecule has 1 aliphatic heterocycles. The van der Waals surface area contributed by atoms with Crippen LogP contribution in [0.2, 0.25) is 0 Å². The second-order valence-electron chi connectivity index (χ2n) is 8.38. The molecule has 0 bridgehead atoms. The Morgan fingerprint density at radius 3 is 2.33 bits per heavy atom. The van der Waals surface area contributed by atoms with Crippen LogP contribution in [-0.4, -0.2) is 23.3 Å². The molecule has 184 valence electrons. The fourth-order valence-corrected chi connectivity index (χ4v) is 5.60. The van der Waals surface area contributed by atoms with Gasteiger partial charge < -0.3 is 15.8 Å². The highest BCUT2D eigenvalue weighted by Gasteiger charge is 2.28. The summed E-state index contributed by atoms with van der Waals surface area (Å²) < 4.78 is 5.94. The predicted molar refractivity (Wildman–Crippen MR) is 145 cm³/mol. The maximum Gasteiger partial charge on any atom is 0.260 e. The average Bonchev–Trinajstić information content (AvgIpc) is 3.23. The van der Waals surface area contributed by atoms with Crippen molar-refractivity contribution < 1.29 is 14.3 Å². The van der Waals surface area contributed by atoms with Crippen molar-refractivity contribution in [1.29, 1.82) is 0 Å². The van der Waals surface area contributed by atoms with Crippen molar-refractivity contribution in [3.63, 3.8) is 0 Å². The molecule has 2 heterocycles. The molecular formula is C28H26ClN3O3S. The van der Waals surface area contributed by atoms with Gasteiger partial charge in [0.05, 0.1) is 11.1 Å². The molecule has 5 rings (SSSR count). The summed E-state index contributed by atoms with van der Waals surface area (Å²) in [5, 5.41) is 3.43. The average molecular weight is 520 g/mol. The lowest BCUT2D eigenvalue weighted by molar-refractivity contribution is 0.0999. The number of nitrogens with one attached hydrogen (secondary N) is 1.